The minimum absolute atomic E-state index is 0.299. The second-order valence-corrected chi connectivity index (χ2v) is 22.0. The van der Waals surface area contributed by atoms with Gasteiger partial charge in [0, 0.05) is 61.1 Å². The predicted molar refractivity (Wildman–Crippen MR) is 339 cm³/mol. The minimum atomic E-state index is -0.299. The Morgan fingerprint density at radius 3 is 1.27 bits per heavy atom. The van der Waals surface area contributed by atoms with Crippen LogP contribution in [0.5, 0.6) is 0 Å². The predicted octanol–water partition coefficient (Wildman–Crippen LogP) is 22.0. The van der Waals surface area contributed by atoms with E-state index in [0.29, 0.717) is 0 Å². The third-order valence-corrected chi connectivity index (χ3v) is 17.0. The van der Waals surface area contributed by atoms with Crippen LogP contribution in [0.4, 0.5) is 34.1 Å². The lowest BCUT2D eigenvalue weighted by atomic mass is 9.66. The second kappa shape index (κ2) is 18.3. The summed E-state index contributed by atoms with van der Waals surface area (Å²) in [5.41, 5.74) is 22.2. The van der Waals surface area contributed by atoms with Crippen molar-refractivity contribution in [3.63, 3.8) is 0 Å². The van der Waals surface area contributed by atoms with E-state index in [9.17, 15) is 0 Å². The van der Waals surface area contributed by atoms with E-state index >= 15 is 0 Å². The molecule has 0 saturated carbocycles. The van der Waals surface area contributed by atoms with Crippen LogP contribution in [-0.2, 0) is 5.41 Å². The van der Waals surface area contributed by atoms with Crippen LogP contribution in [0.3, 0.4) is 0 Å². The van der Waals surface area contributed by atoms with Crippen LogP contribution in [0.15, 0.2) is 288 Å². The highest BCUT2D eigenvalue weighted by molar-refractivity contribution is 6.24. The molecule has 0 atom stereocenters. The molecule has 2 heterocycles. The fraction of sp³-hybridized carbons (Fsp3) is 0.0390. The van der Waals surface area contributed by atoms with Gasteiger partial charge in [-0.15, -0.1) is 0 Å². The van der Waals surface area contributed by atoms with E-state index in [0.717, 1.165) is 83.6 Å². The fourth-order valence-electron chi connectivity index (χ4n) is 13.1. The van der Waals surface area contributed by atoms with Crippen molar-refractivity contribution in [2.75, 3.05) is 9.80 Å². The molecule has 4 nitrogen and oxygen atoms in total. The Labute approximate surface area is 469 Å². The van der Waals surface area contributed by atoms with Gasteiger partial charge in [0.1, 0.15) is 22.3 Å². The fourth-order valence-corrected chi connectivity index (χ4v) is 13.1. The Morgan fingerprint density at radius 2 is 0.704 bits per heavy atom. The van der Waals surface area contributed by atoms with Crippen LogP contribution in [0, 0.1) is 0 Å². The van der Waals surface area contributed by atoms with Gasteiger partial charge in [0.05, 0.1) is 0 Å². The van der Waals surface area contributed by atoms with Gasteiger partial charge >= 0.3 is 0 Å². The first-order valence-electron chi connectivity index (χ1n) is 27.9. The number of hydrogen-bond donors (Lipinski definition) is 0. The summed E-state index contributed by atoms with van der Waals surface area (Å²) < 4.78 is 12.5. The van der Waals surface area contributed by atoms with Crippen LogP contribution in [0.25, 0.3) is 110 Å². The van der Waals surface area contributed by atoms with Crippen molar-refractivity contribution < 1.29 is 8.83 Å². The molecule has 0 N–H and O–H groups in total. The molecule has 0 unspecified atom stereocenters. The molecule has 0 amide bonds. The summed E-state index contributed by atoms with van der Waals surface area (Å²) >= 11 is 0. The zero-order valence-corrected chi connectivity index (χ0v) is 44.8. The molecule has 2 aromatic heterocycles. The van der Waals surface area contributed by atoms with Crippen LogP contribution in [-0.4, -0.2) is 0 Å². The zero-order valence-electron chi connectivity index (χ0n) is 44.8. The third-order valence-electron chi connectivity index (χ3n) is 17.0. The van der Waals surface area contributed by atoms with Crippen LogP contribution >= 0.6 is 0 Å². The molecule has 382 valence electrons. The van der Waals surface area contributed by atoms with E-state index in [-0.39, 0.29) is 5.41 Å². The first-order chi connectivity index (χ1) is 39.9. The topological polar surface area (TPSA) is 32.8 Å². The number of anilines is 6. The van der Waals surface area contributed by atoms with Gasteiger partial charge in [0.2, 0.25) is 0 Å². The average molecular weight is 1040 g/mol. The van der Waals surface area contributed by atoms with Crippen molar-refractivity contribution in [1.82, 2.24) is 0 Å². The van der Waals surface area contributed by atoms with Gasteiger partial charge in [-0.25, -0.2) is 0 Å². The van der Waals surface area contributed by atoms with Crippen molar-refractivity contribution in [1.29, 1.82) is 0 Å². The van der Waals surface area contributed by atoms with E-state index < -0.39 is 0 Å². The standard InChI is InChI=1S/C77H52N2O2/c1-77(2)68-26-16-25-62-65-45-52(49-29-35-56(36-30-49)78(54-19-8-4-9-20-54)58-39-43-72-66(47-58)60-23-12-14-27-70(60)80-72)33-41-63(65)74(51-17-6-3-7-18-51)76(75(62)68)64-42-34-53(46-69(64)77)50-31-37-57(38-32-50)79(55-21-10-5-11-22-55)59-40-44-73-67(48-59)61-24-13-15-28-71(61)81-73/h3-48H,1-2H3. The van der Waals surface area contributed by atoms with Crippen molar-refractivity contribution in [2.24, 2.45) is 0 Å². The van der Waals surface area contributed by atoms with Crippen molar-refractivity contribution >= 4 is 99.5 Å². The van der Waals surface area contributed by atoms with Gasteiger partial charge in [0.25, 0.3) is 0 Å². The molecule has 0 spiro atoms. The molecule has 81 heavy (non-hydrogen) atoms. The Kier molecular flexibility index (Phi) is 10.6. The summed E-state index contributed by atoms with van der Waals surface area (Å²) in [6, 6.07) is 101. The van der Waals surface area contributed by atoms with E-state index in [2.05, 4.69) is 278 Å². The summed E-state index contributed by atoms with van der Waals surface area (Å²) in [6.07, 6.45) is 0. The van der Waals surface area contributed by atoms with Gasteiger partial charge < -0.3 is 18.6 Å². The maximum absolute atomic E-state index is 6.24. The Balaban J connectivity index is 0.791. The lowest BCUT2D eigenvalue weighted by molar-refractivity contribution is 0.645. The number of nitrogens with zero attached hydrogens (tertiary/aromatic N) is 2. The number of para-hydroxylation sites is 4. The average Bonchev–Trinajstić information content (AvgIpc) is 4.29. The van der Waals surface area contributed by atoms with Gasteiger partial charge in [-0.1, -0.05) is 184 Å². The van der Waals surface area contributed by atoms with E-state index in [1.807, 2.05) is 24.3 Å². The molecule has 16 rings (SSSR count). The van der Waals surface area contributed by atoms with Crippen molar-refractivity contribution in [3.8, 4) is 44.5 Å². The molecule has 0 radical (unpaired) electrons. The van der Waals surface area contributed by atoms with Gasteiger partial charge in [-0.05, 0) is 186 Å². The lowest BCUT2D eigenvalue weighted by Gasteiger charge is -2.37. The quantitative estimate of drug-likeness (QED) is 0.135. The summed E-state index contributed by atoms with van der Waals surface area (Å²) in [4.78, 5) is 4.66. The molecule has 13 aromatic carbocycles. The Morgan fingerprint density at radius 1 is 0.259 bits per heavy atom. The molecule has 1 aliphatic rings. The Bertz CT molecular complexity index is 4940. The van der Waals surface area contributed by atoms with Gasteiger partial charge in [-0.3, -0.25) is 0 Å². The van der Waals surface area contributed by atoms with Gasteiger partial charge in [-0.2, -0.15) is 0 Å². The zero-order chi connectivity index (χ0) is 53.8. The highest BCUT2D eigenvalue weighted by Crippen LogP contribution is 2.55. The maximum Gasteiger partial charge on any atom is 0.135 e. The summed E-state index contributed by atoms with van der Waals surface area (Å²) in [7, 11) is 0. The van der Waals surface area contributed by atoms with Crippen LogP contribution < -0.4 is 9.80 Å². The summed E-state index contributed by atoms with van der Waals surface area (Å²) in [6.45, 7) is 4.82. The molecule has 0 bridgehead atoms. The number of furan rings is 2. The van der Waals surface area contributed by atoms with E-state index in [1.54, 1.807) is 0 Å². The molecular formula is C77H52N2O2. The molecule has 0 aliphatic heterocycles. The smallest absolute Gasteiger partial charge is 0.135 e. The monoisotopic (exact) mass is 1040 g/mol. The maximum atomic E-state index is 6.24. The van der Waals surface area contributed by atoms with Crippen LogP contribution in [0.2, 0.25) is 0 Å². The molecule has 0 saturated heterocycles. The largest absolute Gasteiger partial charge is 0.456 e. The first kappa shape index (κ1) is 46.7. The van der Waals surface area contributed by atoms with Crippen molar-refractivity contribution in [3.05, 3.63) is 290 Å². The van der Waals surface area contributed by atoms with Crippen molar-refractivity contribution in [2.45, 2.75) is 19.3 Å². The molecule has 15 aromatic rings. The number of fused-ring (bicyclic) bond motifs is 10. The van der Waals surface area contributed by atoms with E-state index in [4.69, 9.17) is 8.83 Å². The van der Waals surface area contributed by atoms with Crippen LogP contribution in [0.1, 0.15) is 25.0 Å². The molecule has 1 aliphatic carbocycles. The van der Waals surface area contributed by atoms with E-state index in [1.165, 1.54) is 71.6 Å². The minimum Gasteiger partial charge on any atom is -0.456 e. The molecule has 4 heteroatoms. The number of benzene rings is 13. The number of hydrogen-bond acceptors (Lipinski definition) is 4. The molecule has 0 fully saturated rings. The normalized spacial score (nSPS) is 12.7. The highest BCUT2D eigenvalue weighted by Gasteiger charge is 2.36. The summed E-state index contributed by atoms with van der Waals surface area (Å²) in [5.74, 6) is 0. The second-order valence-electron chi connectivity index (χ2n) is 22.0. The Hall–Kier alpha value is -10.4. The number of rotatable bonds is 9. The third kappa shape index (κ3) is 7.52. The first-order valence-corrected chi connectivity index (χ1v) is 27.9. The van der Waals surface area contributed by atoms with Gasteiger partial charge in [0.15, 0.2) is 0 Å². The summed E-state index contributed by atoms with van der Waals surface area (Å²) in [5, 5.41) is 9.53. The lowest BCUT2D eigenvalue weighted by Crippen LogP contribution is -2.24. The highest BCUT2D eigenvalue weighted by atomic mass is 16.3. The SMILES string of the molecule is CC1(C)c2cc(-c3ccc(N(c4ccccc4)c4ccc5oc6ccccc6c5c4)cc3)ccc2-c2c(-c3ccccc3)c3ccc(-c4ccc(N(c5ccccc5)c5ccc6oc7ccccc7c6c5)cc4)cc3c3cccc1c23. The molecular weight excluding hydrogens is 985 g/mol.